The monoisotopic (exact) mass is 600 g/mol. The summed E-state index contributed by atoms with van der Waals surface area (Å²) in [6.45, 7) is 9.28. The number of amides is 2. The second-order valence-electron chi connectivity index (χ2n) is 11.7. The molecule has 228 valence electrons. The maximum atomic E-state index is 13.7. The molecule has 44 heavy (non-hydrogen) atoms. The Morgan fingerprint density at radius 3 is 2.61 bits per heavy atom. The highest BCUT2D eigenvalue weighted by atomic mass is 16.6. The number of nitrogens with zero attached hydrogens (tertiary/aromatic N) is 5. The van der Waals surface area contributed by atoms with Crippen molar-refractivity contribution in [2.24, 2.45) is 0 Å². The second kappa shape index (κ2) is 10.2. The number of ether oxygens (including phenoxy) is 3. The summed E-state index contributed by atoms with van der Waals surface area (Å²) in [5.41, 5.74) is 0.250. The van der Waals surface area contributed by atoms with E-state index in [1.54, 1.807) is 58.2 Å². The van der Waals surface area contributed by atoms with Crippen molar-refractivity contribution in [3.05, 3.63) is 59.5 Å². The fraction of sp³-hybridized carbons (Fsp3) is 0.355. The average molecular weight is 601 g/mol. The zero-order valence-electron chi connectivity index (χ0n) is 25.2. The molecule has 13 heteroatoms. The summed E-state index contributed by atoms with van der Waals surface area (Å²) < 4.78 is 17.9. The SMILES string of the molecule is CCOc1cnc(C)nc1Nc1nn(C(=O)OC(C)(C)C)c2cc([C@@H]3C[C@@]34C(=O)N(C(=O)O)c3ccc(OC)cc34)ccc12. The molecule has 2 N–H and O–H groups in total. The van der Waals surface area contributed by atoms with Crippen molar-refractivity contribution in [1.82, 2.24) is 19.7 Å². The minimum atomic E-state index is -1.34. The Balaban J connectivity index is 1.45. The molecule has 0 bridgehead atoms. The number of benzene rings is 2. The quantitative estimate of drug-likeness (QED) is 0.287. The van der Waals surface area contributed by atoms with Crippen LogP contribution in [0.4, 0.5) is 26.9 Å². The summed E-state index contributed by atoms with van der Waals surface area (Å²) in [5, 5.41) is 18.2. The third-order valence-electron chi connectivity index (χ3n) is 7.75. The normalized spacial score (nSPS) is 18.8. The van der Waals surface area contributed by atoms with E-state index < -0.39 is 29.1 Å². The van der Waals surface area contributed by atoms with Crippen molar-refractivity contribution < 1.29 is 33.7 Å². The van der Waals surface area contributed by atoms with Crippen LogP contribution in [0.3, 0.4) is 0 Å². The molecule has 1 aliphatic heterocycles. The summed E-state index contributed by atoms with van der Waals surface area (Å²) >= 11 is 0. The molecule has 1 aliphatic carbocycles. The Morgan fingerprint density at radius 2 is 1.93 bits per heavy atom. The van der Waals surface area contributed by atoms with E-state index in [1.165, 1.54) is 11.8 Å². The lowest BCUT2D eigenvalue weighted by molar-refractivity contribution is -0.119. The molecule has 1 fully saturated rings. The van der Waals surface area contributed by atoms with Gasteiger partial charge in [-0.25, -0.2) is 24.5 Å². The lowest BCUT2D eigenvalue weighted by atomic mass is 9.91. The number of aromatic nitrogens is 4. The van der Waals surface area contributed by atoms with Crippen LogP contribution in [0.25, 0.3) is 10.9 Å². The minimum Gasteiger partial charge on any atom is -0.497 e. The van der Waals surface area contributed by atoms with Crippen LogP contribution in [-0.4, -0.2) is 62.3 Å². The van der Waals surface area contributed by atoms with Crippen LogP contribution in [0, 0.1) is 6.92 Å². The van der Waals surface area contributed by atoms with E-state index >= 15 is 0 Å². The molecular formula is C31H32N6O7. The Hall–Kier alpha value is -5.20. The molecular weight excluding hydrogens is 568 g/mol. The lowest BCUT2D eigenvalue weighted by Gasteiger charge is -2.19. The van der Waals surface area contributed by atoms with Gasteiger partial charge in [-0.3, -0.25) is 4.79 Å². The van der Waals surface area contributed by atoms with Gasteiger partial charge in [0, 0.05) is 11.3 Å². The van der Waals surface area contributed by atoms with E-state index in [2.05, 4.69) is 20.4 Å². The van der Waals surface area contributed by atoms with Gasteiger partial charge in [0.25, 0.3) is 0 Å². The molecule has 1 saturated carbocycles. The number of fused-ring (bicyclic) bond motifs is 3. The molecule has 1 spiro atoms. The molecule has 2 atom stereocenters. The van der Waals surface area contributed by atoms with Crippen molar-refractivity contribution in [1.29, 1.82) is 0 Å². The number of nitrogens with one attached hydrogen (secondary N) is 1. The summed E-state index contributed by atoms with van der Waals surface area (Å²) in [7, 11) is 1.52. The topological polar surface area (TPSA) is 158 Å². The number of aryl methyl sites for hydroxylation is 1. The minimum absolute atomic E-state index is 0.322. The van der Waals surface area contributed by atoms with Crippen LogP contribution in [0.15, 0.2) is 42.6 Å². The first-order valence-electron chi connectivity index (χ1n) is 14.1. The predicted molar refractivity (Wildman–Crippen MR) is 160 cm³/mol. The zero-order valence-corrected chi connectivity index (χ0v) is 25.2. The van der Waals surface area contributed by atoms with Crippen molar-refractivity contribution in [3.8, 4) is 11.5 Å². The lowest BCUT2D eigenvalue weighted by Crippen LogP contribution is -2.36. The molecule has 2 aliphatic rings. The Labute approximate surface area is 252 Å². The van der Waals surface area contributed by atoms with Gasteiger partial charge in [-0.1, -0.05) is 6.07 Å². The van der Waals surface area contributed by atoms with Crippen LogP contribution in [0.1, 0.15) is 57.0 Å². The molecule has 2 aromatic heterocycles. The first-order chi connectivity index (χ1) is 20.9. The average Bonchev–Trinajstić information content (AvgIpc) is 3.55. The molecule has 0 saturated heterocycles. The third kappa shape index (κ3) is 4.64. The largest absolute Gasteiger partial charge is 0.497 e. The van der Waals surface area contributed by atoms with Gasteiger partial charge in [0.2, 0.25) is 5.91 Å². The summed E-state index contributed by atoms with van der Waals surface area (Å²) in [4.78, 5) is 48.6. The number of hydrogen-bond acceptors (Lipinski definition) is 10. The maximum Gasteiger partial charge on any atom is 0.435 e. The van der Waals surface area contributed by atoms with Crippen molar-refractivity contribution in [2.75, 3.05) is 23.9 Å². The summed E-state index contributed by atoms with van der Waals surface area (Å²) in [6, 6.07) is 10.4. The van der Waals surface area contributed by atoms with Crippen molar-refractivity contribution in [2.45, 2.75) is 58.0 Å². The van der Waals surface area contributed by atoms with Crippen molar-refractivity contribution >= 4 is 46.3 Å². The second-order valence-corrected chi connectivity index (χ2v) is 11.7. The fourth-order valence-electron chi connectivity index (χ4n) is 5.81. The number of rotatable bonds is 6. The van der Waals surface area contributed by atoms with Gasteiger partial charge < -0.3 is 24.6 Å². The van der Waals surface area contributed by atoms with Gasteiger partial charge in [-0.05, 0) is 82.5 Å². The highest BCUT2D eigenvalue weighted by Crippen LogP contribution is 2.67. The molecule has 4 aromatic rings. The summed E-state index contributed by atoms with van der Waals surface area (Å²) in [5.74, 6) is 1.33. The number of carboxylic acid groups (broad SMARTS) is 1. The molecule has 0 unspecified atom stereocenters. The number of carbonyl (C=O) groups excluding carboxylic acids is 2. The van der Waals surface area contributed by atoms with E-state index in [0.29, 0.717) is 64.1 Å². The molecule has 2 amide bonds. The number of carbonyl (C=O) groups is 3. The predicted octanol–water partition coefficient (Wildman–Crippen LogP) is 5.52. The highest BCUT2D eigenvalue weighted by molar-refractivity contribution is 6.22. The zero-order chi connectivity index (χ0) is 31.6. The standard InChI is InChI=1S/C31H32N6O7/c1-7-43-24-15-32-16(2)33-26(24)34-25-19-10-8-17(12-23(19)37(35-25)29(41)44-30(3,4)5)21-14-31(21)20-13-18(42-6)9-11-22(20)36(27(31)38)28(39)40/h8-13,15,21H,7,14H2,1-6H3,(H,39,40)(H,32,33,34,35)/t21-,31-/m0/s1. The van der Waals surface area contributed by atoms with E-state index in [9.17, 15) is 19.5 Å². The van der Waals surface area contributed by atoms with E-state index in [-0.39, 0.29) is 5.92 Å². The van der Waals surface area contributed by atoms with E-state index in [0.717, 1.165) is 10.5 Å². The number of hydrogen-bond donors (Lipinski definition) is 2. The van der Waals surface area contributed by atoms with Gasteiger partial charge >= 0.3 is 12.2 Å². The van der Waals surface area contributed by atoms with Gasteiger partial charge in [-0.2, -0.15) is 4.68 Å². The van der Waals surface area contributed by atoms with Gasteiger partial charge in [0.15, 0.2) is 17.4 Å². The van der Waals surface area contributed by atoms with Gasteiger partial charge in [-0.15, -0.1) is 5.10 Å². The van der Waals surface area contributed by atoms with Crippen LogP contribution < -0.4 is 19.7 Å². The van der Waals surface area contributed by atoms with Crippen molar-refractivity contribution in [3.63, 3.8) is 0 Å². The number of anilines is 3. The summed E-state index contributed by atoms with van der Waals surface area (Å²) in [6.07, 6.45) is -0.0708. The van der Waals surface area contributed by atoms with Gasteiger partial charge in [0.1, 0.15) is 17.2 Å². The van der Waals surface area contributed by atoms with Crippen LogP contribution in [-0.2, 0) is 14.9 Å². The molecule has 13 nitrogen and oxygen atoms in total. The highest BCUT2D eigenvalue weighted by Gasteiger charge is 2.68. The number of methoxy groups -OCH3 is 1. The molecule has 2 aromatic carbocycles. The number of imide groups is 1. The first kappa shape index (κ1) is 28.9. The van der Waals surface area contributed by atoms with E-state index in [1.807, 2.05) is 19.1 Å². The molecule has 3 heterocycles. The third-order valence-corrected chi connectivity index (χ3v) is 7.75. The molecule has 0 radical (unpaired) electrons. The first-order valence-corrected chi connectivity index (χ1v) is 14.1. The Morgan fingerprint density at radius 1 is 1.16 bits per heavy atom. The van der Waals surface area contributed by atoms with E-state index in [4.69, 9.17) is 14.2 Å². The maximum absolute atomic E-state index is 13.7. The fourth-order valence-corrected chi connectivity index (χ4v) is 5.81. The van der Waals surface area contributed by atoms with Crippen LogP contribution >= 0.6 is 0 Å². The van der Waals surface area contributed by atoms with Gasteiger partial charge in [0.05, 0.1) is 36.5 Å². The Bertz CT molecular complexity index is 1850. The van der Waals surface area contributed by atoms with Crippen LogP contribution in [0.5, 0.6) is 11.5 Å². The molecule has 6 rings (SSSR count). The smallest absolute Gasteiger partial charge is 0.435 e. The Kier molecular flexibility index (Phi) is 6.71. The van der Waals surface area contributed by atoms with Crippen LogP contribution in [0.2, 0.25) is 0 Å².